The van der Waals surface area contributed by atoms with Crippen LogP contribution in [0.25, 0.3) is 10.9 Å². The Bertz CT molecular complexity index is 689. The van der Waals surface area contributed by atoms with Crippen LogP contribution in [0.3, 0.4) is 0 Å². The van der Waals surface area contributed by atoms with Gasteiger partial charge < -0.3 is 19.2 Å². The molecule has 1 aromatic heterocycles. The molecule has 0 atom stereocenters. The standard InChI is InChI=1S/C13H13NO5/c1-17-7-4-8-10(15)6-9(13(16)19-3)14-12(8)11(5-7)18-2/h4-6H,1-3H3,(H,14,15). The van der Waals surface area contributed by atoms with Gasteiger partial charge in [-0.3, -0.25) is 4.79 Å². The highest BCUT2D eigenvalue weighted by Crippen LogP contribution is 2.28. The number of hydrogen-bond acceptors (Lipinski definition) is 5. The van der Waals surface area contributed by atoms with Crippen LogP contribution in [-0.2, 0) is 4.74 Å². The lowest BCUT2D eigenvalue weighted by molar-refractivity contribution is 0.0594. The molecule has 0 amide bonds. The van der Waals surface area contributed by atoms with E-state index in [-0.39, 0.29) is 11.1 Å². The molecule has 0 aliphatic heterocycles. The monoisotopic (exact) mass is 263 g/mol. The second-order valence-corrected chi connectivity index (χ2v) is 3.79. The first kappa shape index (κ1) is 12.9. The zero-order chi connectivity index (χ0) is 14.0. The lowest BCUT2D eigenvalue weighted by Gasteiger charge is -2.09. The largest absolute Gasteiger partial charge is 0.497 e. The first-order valence-corrected chi connectivity index (χ1v) is 5.48. The Labute approximate surface area is 108 Å². The van der Waals surface area contributed by atoms with Gasteiger partial charge in [-0.15, -0.1) is 0 Å². The number of fused-ring (bicyclic) bond motifs is 1. The van der Waals surface area contributed by atoms with Crippen LogP contribution in [0.5, 0.6) is 11.5 Å². The number of carbonyl (C=O) groups is 1. The molecular weight excluding hydrogens is 250 g/mol. The molecule has 0 spiro atoms. The third-order valence-electron chi connectivity index (χ3n) is 2.74. The normalized spacial score (nSPS) is 10.3. The van der Waals surface area contributed by atoms with Gasteiger partial charge in [-0.25, -0.2) is 4.79 Å². The molecule has 0 unspecified atom stereocenters. The fraction of sp³-hybridized carbons (Fsp3) is 0.231. The molecule has 19 heavy (non-hydrogen) atoms. The van der Waals surface area contributed by atoms with Crippen LogP contribution in [0.2, 0.25) is 0 Å². The van der Waals surface area contributed by atoms with E-state index in [1.165, 1.54) is 27.4 Å². The number of rotatable bonds is 3. The maximum Gasteiger partial charge on any atom is 0.354 e. The smallest absolute Gasteiger partial charge is 0.354 e. The molecule has 1 N–H and O–H groups in total. The highest BCUT2D eigenvalue weighted by molar-refractivity contribution is 5.93. The van der Waals surface area contributed by atoms with Crippen molar-refractivity contribution in [3.8, 4) is 11.5 Å². The van der Waals surface area contributed by atoms with Crippen LogP contribution in [0, 0.1) is 0 Å². The van der Waals surface area contributed by atoms with E-state index in [0.717, 1.165) is 0 Å². The molecule has 0 saturated carbocycles. The van der Waals surface area contributed by atoms with E-state index >= 15 is 0 Å². The van der Waals surface area contributed by atoms with E-state index < -0.39 is 5.97 Å². The molecule has 1 aromatic carbocycles. The van der Waals surface area contributed by atoms with E-state index in [1.54, 1.807) is 12.1 Å². The summed E-state index contributed by atoms with van der Waals surface area (Å²) in [4.78, 5) is 26.3. The molecule has 0 aliphatic carbocycles. The zero-order valence-electron chi connectivity index (χ0n) is 10.8. The minimum Gasteiger partial charge on any atom is -0.497 e. The third-order valence-corrected chi connectivity index (χ3v) is 2.74. The average Bonchev–Trinajstić information content (AvgIpc) is 2.45. The van der Waals surface area contributed by atoms with Gasteiger partial charge in [0.15, 0.2) is 5.43 Å². The topological polar surface area (TPSA) is 77.6 Å². The van der Waals surface area contributed by atoms with Gasteiger partial charge in [-0.2, -0.15) is 0 Å². The SMILES string of the molecule is COC(=O)c1cc(=O)c2cc(OC)cc(OC)c2[nH]1. The van der Waals surface area contributed by atoms with Crippen molar-refractivity contribution in [1.29, 1.82) is 0 Å². The van der Waals surface area contributed by atoms with Gasteiger partial charge >= 0.3 is 5.97 Å². The minimum atomic E-state index is -0.614. The Morgan fingerprint density at radius 2 is 1.84 bits per heavy atom. The van der Waals surface area contributed by atoms with Crippen LogP contribution < -0.4 is 14.9 Å². The summed E-state index contributed by atoms with van der Waals surface area (Å²) in [5.41, 5.74) is 0.186. The van der Waals surface area contributed by atoms with Gasteiger partial charge in [-0.05, 0) is 6.07 Å². The van der Waals surface area contributed by atoms with Crippen molar-refractivity contribution >= 4 is 16.9 Å². The van der Waals surface area contributed by atoms with E-state index in [2.05, 4.69) is 9.72 Å². The highest BCUT2D eigenvalue weighted by atomic mass is 16.5. The van der Waals surface area contributed by atoms with E-state index in [9.17, 15) is 9.59 Å². The second-order valence-electron chi connectivity index (χ2n) is 3.79. The Balaban J connectivity index is 2.80. The number of benzene rings is 1. The predicted molar refractivity (Wildman–Crippen MR) is 69.0 cm³/mol. The summed E-state index contributed by atoms with van der Waals surface area (Å²) in [6, 6.07) is 4.39. The van der Waals surface area contributed by atoms with Crippen molar-refractivity contribution in [1.82, 2.24) is 4.98 Å². The Hall–Kier alpha value is -2.50. The van der Waals surface area contributed by atoms with Gasteiger partial charge in [0.25, 0.3) is 0 Å². The number of carbonyl (C=O) groups excluding carboxylic acids is 1. The summed E-state index contributed by atoms with van der Waals surface area (Å²) in [6.07, 6.45) is 0. The van der Waals surface area contributed by atoms with Crippen molar-refractivity contribution in [3.63, 3.8) is 0 Å². The number of aromatic amines is 1. The van der Waals surface area contributed by atoms with Crippen molar-refractivity contribution < 1.29 is 19.0 Å². The van der Waals surface area contributed by atoms with Crippen molar-refractivity contribution in [2.75, 3.05) is 21.3 Å². The first-order chi connectivity index (χ1) is 9.10. The number of nitrogens with one attached hydrogen (secondary N) is 1. The summed E-state index contributed by atoms with van der Waals surface area (Å²) in [7, 11) is 4.21. The van der Waals surface area contributed by atoms with Crippen LogP contribution in [0.1, 0.15) is 10.5 Å². The fourth-order valence-corrected chi connectivity index (χ4v) is 1.79. The fourth-order valence-electron chi connectivity index (χ4n) is 1.79. The van der Waals surface area contributed by atoms with Crippen molar-refractivity contribution in [3.05, 3.63) is 34.1 Å². The van der Waals surface area contributed by atoms with Crippen molar-refractivity contribution in [2.45, 2.75) is 0 Å². The summed E-state index contributed by atoms with van der Waals surface area (Å²) in [5.74, 6) is 0.301. The molecule has 2 aromatic rings. The van der Waals surface area contributed by atoms with E-state index in [1.807, 2.05) is 0 Å². The number of methoxy groups -OCH3 is 3. The maximum atomic E-state index is 12.0. The summed E-state index contributed by atoms with van der Waals surface area (Å²) in [6.45, 7) is 0. The average molecular weight is 263 g/mol. The summed E-state index contributed by atoms with van der Waals surface area (Å²) >= 11 is 0. The minimum absolute atomic E-state index is 0.0727. The van der Waals surface area contributed by atoms with Crippen LogP contribution in [0.15, 0.2) is 23.0 Å². The van der Waals surface area contributed by atoms with Gasteiger partial charge in [-0.1, -0.05) is 0 Å². The Morgan fingerprint density at radius 1 is 1.11 bits per heavy atom. The molecule has 6 nitrogen and oxygen atoms in total. The molecule has 100 valence electrons. The second kappa shape index (κ2) is 5.01. The van der Waals surface area contributed by atoms with Crippen LogP contribution >= 0.6 is 0 Å². The summed E-state index contributed by atoms with van der Waals surface area (Å²) in [5, 5.41) is 0.379. The number of pyridine rings is 1. The maximum absolute atomic E-state index is 12.0. The lowest BCUT2D eigenvalue weighted by atomic mass is 10.1. The number of ether oxygens (including phenoxy) is 3. The number of esters is 1. The Morgan fingerprint density at radius 3 is 2.42 bits per heavy atom. The first-order valence-electron chi connectivity index (χ1n) is 5.48. The van der Waals surface area contributed by atoms with Gasteiger partial charge in [0.05, 0.1) is 32.2 Å². The Kier molecular flexibility index (Phi) is 3.41. The third kappa shape index (κ3) is 2.24. The van der Waals surface area contributed by atoms with Gasteiger partial charge in [0.1, 0.15) is 17.2 Å². The molecule has 0 aliphatic rings. The molecule has 0 radical (unpaired) electrons. The molecular formula is C13H13NO5. The van der Waals surface area contributed by atoms with Crippen LogP contribution in [-0.4, -0.2) is 32.3 Å². The molecule has 6 heteroatoms. The van der Waals surface area contributed by atoms with Gasteiger partial charge in [0.2, 0.25) is 0 Å². The van der Waals surface area contributed by atoms with E-state index in [4.69, 9.17) is 9.47 Å². The number of hydrogen-bond donors (Lipinski definition) is 1. The number of aromatic nitrogens is 1. The highest BCUT2D eigenvalue weighted by Gasteiger charge is 2.13. The number of H-pyrrole nitrogens is 1. The molecule has 0 bridgehead atoms. The van der Waals surface area contributed by atoms with Crippen LogP contribution in [0.4, 0.5) is 0 Å². The van der Waals surface area contributed by atoms with Crippen molar-refractivity contribution in [2.24, 2.45) is 0 Å². The molecule has 1 heterocycles. The predicted octanol–water partition coefficient (Wildman–Crippen LogP) is 1.33. The quantitative estimate of drug-likeness (QED) is 0.845. The molecule has 2 rings (SSSR count). The zero-order valence-corrected chi connectivity index (χ0v) is 10.8. The molecule has 0 saturated heterocycles. The lowest BCUT2D eigenvalue weighted by Crippen LogP contribution is -2.12. The molecule has 0 fully saturated rings. The summed E-state index contributed by atoms with van der Waals surface area (Å²) < 4.78 is 14.9. The van der Waals surface area contributed by atoms with Gasteiger partial charge in [0, 0.05) is 12.1 Å². The van der Waals surface area contributed by atoms with E-state index in [0.29, 0.717) is 22.4 Å².